The molecule has 8 heteroatoms. The van der Waals surface area contributed by atoms with Gasteiger partial charge in [-0.2, -0.15) is 5.26 Å². The summed E-state index contributed by atoms with van der Waals surface area (Å²) < 4.78 is 10.6. The van der Waals surface area contributed by atoms with E-state index in [4.69, 9.17) is 14.9 Å². The van der Waals surface area contributed by atoms with Crippen LogP contribution in [0.3, 0.4) is 0 Å². The van der Waals surface area contributed by atoms with E-state index in [1.807, 2.05) is 6.07 Å². The maximum Gasteiger partial charge on any atom is 0.266 e. The van der Waals surface area contributed by atoms with Crippen molar-refractivity contribution >= 4 is 17.4 Å². The van der Waals surface area contributed by atoms with Crippen molar-refractivity contribution in [2.75, 3.05) is 12.0 Å². The van der Waals surface area contributed by atoms with Crippen molar-refractivity contribution in [2.45, 2.75) is 12.7 Å². The summed E-state index contributed by atoms with van der Waals surface area (Å²) in [5.41, 5.74) is 8.59. The molecule has 0 radical (unpaired) electrons. The van der Waals surface area contributed by atoms with Crippen LogP contribution in [0.4, 0.5) is 5.69 Å². The molecule has 4 rings (SSSR count). The maximum atomic E-state index is 13.1. The molecule has 1 aromatic heterocycles. The first-order chi connectivity index (χ1) is 14.6. The van der Waals surface area contributed by atoms with Crippen LogP contribution in [-0.2, 0) is 11.3 Å². The van der Waals surface area contributed by atoms with Crippen molar-refractivity contribution in [1.82, 2.24) is 5.32 Å². The van der Waals surface area contributed by atoms with E-state index in [9.17, 15) is 10.1 Å². The third-order valence-corrected chi connectivity index (χ3v) is 4.84. The lowest BCUT2D eigenvalue weighted by molar-refractivity contribution is -0.122. The van der Waals surface area contributed by atoms with E-state index < -0.39 is 6.17 Å². The fourth-order valence-corrected chi connectivity index (χ4v) is 3.28. The zero-order valence-corrected chi connectivity index (χ0v) is 16.2. The third-order valence-electron chi connectivity index (χ3n) is 4.84. The number of nitrogens with zero attached hydrogens (tertiary/aromatic N) is 3. The number of ether oxygens (including phenoxy) is 1. The molecule has 0 bridgehead atoms. The SMILES string of the molecule is COc1ccc(N2C(N)=c3ccoc3=NC2C(=O)NCc2ccccc2C#N)cc1. The summed E-state index contributed by atoms with van der Waals surface area (Å²) in [6.45, 7) is 0.190. The molecule has 2 aromatic carbocycles. The normalized spacial score (nSPS) is 15.0. The van der Waals surface area contributed by atoms with Crippen LogP contribution in [0.5, 0.6) is 5.75 Å². The van der Waals surface area contributed by atoms with E-state index in [1.165, 1.54) is 6.26 Å². The molecule has 0 spiro atoms. The molecule has 30 heavy (non-hydrogen) atoms. The number of nitrogens with one attached hydrogen (secondary N) is 1. The largest absolute Gasteiger partial charge is 0.497 e. The Bertz CT molecular complexity index is 1240. The maximum absolute atomic E-state index is 13.1. The van der Waals surface area contributed by atoms with Gasteiger partial charge in [-0.05, 0) is 42.0 Å². The summed E-state index contributed by atoms with van der Waals surface area (Å²) >= 11 is 0. The van der Waals surface area contributed by atoms with Crippen molar-refractivity contribution in [3.05, 3.63) is 82.8 Å². The van der Waals surface area contributed by atoms with Crippen LogP contribution in [0.15, 0.2) is 70.3 Å². The van der Waals surface area contributed by atoms with Crippen LogP contribution in [0.25, 0.3) is 5.82 Å². The minimum Gasteiger partial charge on any atom is -0.497 e. The lowest BCUT2D eigenvalue weighted by Crippen LogP contribution is -2.53. The predicted octanol–water partition coefficient (Wildman–Crippen LogP) is 0.967. The molecule has 1 aliphatic rings. The molecule has 0 saturated heterocycles. The zero-order valence-electron chi connectivity index (χ0n) is 16.2. The number of carbonyl (C=O) groups is 1. The first kappa shape index (κ1) is 19.1. The fraction of sp³-hybridized carbons (Fsp3) is 0.136. The lowest BCUT2D eigenvalue weighted by Gasteiger charge is -2.31. The predicted molar refractivity (Wildman–Crippen MR) is 109 cm³/mol. The van der Waals surface area contributed by atoms with Gasteiger partial charge in [0.05, 0.1) is 30.2 Å². The number of fused-ring (bicyclic) bond motifs is 1. The molecule has 0 aliphatic carbocycles. The van der Waals surface area contributed by atoms with Gasteiger partial charge in [-0.15, -0.1) is 0 Å². The topological polar surface area (TPSA) is 117 Å². The van der Waals surface area contributed by atoms with Crippen molar-refractivity contribution in [3.8, 4) is 11.8 Å². The van der Waals surface area contributed by atoms with Gasteiger partial charge >= 0.3 is 0 Å². The van der Waals surface area contributed by atoms with Crippen molar-refractivity contribution < 1.29 is 13.9 Å². The number of furan rings is 1. The average Bonchev–Trinajstić information content (AvgIpc) is 3.27. The number of hydrogen-bond donors (Lipinski definition) is 2. The summed E-state index contributed by atoms with van der Waals surface area (Å²) in [5.74, 6) is 0.671. The van der Waals surface area contributed by atoms with Gasteiger partial charge in [-0.3, -0.25) is 9.69 Å². The molecular weight excluding hydrogens is 382 g/mol. The van der Waals surface area contributed by atoms with Gasteiger partial charge < -0.3 is 20.2 Å². The Morgan fingerprint density at radius 1 is 1.27 bits per heavy atom. The molecule has 1 unspecified atom stereocenters. The first-order valence-electron chi connectivity index (χ1n) is 9.22. The number of amides is 1. The van der Waals surface area contributed by atoms with Crippen LogP contribution in [0.1, 0.15) is 11.1 Å². The number of hydrogen-bond acceptors (Lipinski definition) is 7. The Morgan fingerprint density at radius 3 is 2.77 bits per heavy atom. The highest BCUT2D eigenvalue weighted by molar-refractivity contribution is 5.89. The van der Waals surface area contributed by atoms with Gasteiger partial charge in [0.1, 0.15) is 11.6 Å². The van der Waals surface area contributed by atoms with E-state index >= 15 is 0 Å². The van der Waals surface area contributed by atoms with Gasteiger partial charge in [-0.1, -0.05) is 18.2 Å². The van der Waals surface area contributed by atoms with Gasteiger partial charge in [0.25, 0.3) is 5.91 Å². The summed E-state index contributed by atoms with van der Waals surface area (Å²) in [7, 11) is 1.58. The van der Waals surface area contributed by atoms with E-state index in [2.05, 4.69) is 16.4 Å². The average molecular weight is 401 g/mol. The molecule has 0 fully saturated rings. The van der Waals surface area contributed by atoms with Gasteiger partial charge in [-0.25, -0.2) is 4.99 Å². The number of benzene rings is 2. The van der Waals surface area contributed by atoms with Crippen LogP contribution < -0.4 is 31.5 Å². The number of carbonyl (C=O) groups excluding carboxylic acids is 1. The Labute approximate surface area is 172 Å². The van der Waals surface area contributed by atoms with Crippen LogP contribution in [0, 0.1) is 11.3 Å². The summed E-state index contributed by atoms with van der Waals surface area (Å²) in [6, 6.07) is 18.1. The summed E-state index contributed by atoms with van der Waals surface area (Å²) in [5, 5.41) is 12.7. The number of nitriles is 1. The quantitative estimate of drug-likeness (QED) is 0.658. The lowest BCUT2D eigenvalue weighted by atomic mass is 10.1. The molecule has 2 heterocycles. The highest BCUT2D eigenvalue weighted by Gasteiger charge is 2.31. The highest BCUT2D eigenvalue weighted by atomic mass is 16.5. The molecule has 3 N–H and O–H groups in total. The van der Waals surface area contributed by atoms with E-state index in [0.717, 1.165) is 5.56 Å². The molecule has 1 atom stereocenters. The minimum atomic E-state index is -0.966. The van der Waals surface area contributed by atoms with Gasteiger partial charge in [0.2, 0.25) is 11.7 Å². The standard InChI is InChI=1S/C22H19N5O3/c1-29-17-8-6-16(7-9-17)27-19(24)18-10-11-30-22(18)26-20(27)21(28)25-13-15-5-3-2-4-14(15)12-23/h2-11,20H,13,24H2,1H3,(H,25,28). The number of methoxy groups -OCH3 is 1. The Balaban J connectivity index is 1.67. The molecule has 150 valence electrons. The van der Waals surface area contributed by atoms with Crippen molar-refractivity contribution in [3.63, 3.8) is 0 Å². The second-order valence-electron chi connectivity index (χ2n) is 6.58. The Hall–Kier alpha value is -4.25. The first-order valence-corrected chi connectivity index (χ1v) is 9.22. The van der Waals surface area contributed by atoms with Crippen molar-refractivity contribution in [2.24, 2.45) is 10.7 Å². The van der Waals surface area contributed by atoms with E-state index in [0.29, 0.717) is 33.6 Å². The fourth-order valence-electron chi connectivity index (χ4n) is 3.28. The second-order valence-corrected chi connectivity index (χ2v) is 6.58. The summed E-state index contributed by atoms with van der Waals surface area (Å²) in [6.07, 6.45) is 0.516. The van der Waals surface area contributed by atoms with Gasteiger partial charge in [0, 0.05) is 12.2 Å². The molecule has 0 saturated carbocycles. The number of nitrogens with two attached hydrogens (primary N) is 1. The zero-order chi connectivity index (χ0) is 21.1. The van der Waals surface area contributed by atoms with Crippen LogP contribution in [-0.4, -0.2) is 19.2 Å². The number of anilines is 1. The van der Waals surface area contributed by atoms with E-state index in [-0.39, 0.29) is 12.5 Å². The monoisotopic (exact) mass is 401 g/mol. The van der Waals surface area contributed by atoms with E-state index in [1.54, 1.807) is 60.5 Å². The molecular formula is C22H19N5O3. The molecule has 8 nitrogen and oxygen atoms in total. The highest BCUT2D eigenvalue weighted by Crippen LogP contribution is 2.25. The molecule has 1 aliphatic heterocycles. The molecule has 1 amide bonds. The van der Waals surface area contributed by atoms with Gasteiger partial charge in [0.15, 0.2) is 0 Å². The summed E-state index contributed by atoms with van der Waals surface area (Å²) in [4.78, 5) is 19.2. The minimum absolute atomic E-state index is 0.190. The van der Waals surface area contributed by atoms with Crippen molar-refractivity contribution in [1.29, 1.82) is 5.26 Å². The third kappa shape index (κ3) is 3.44. The second kappa shape index (κ2) is 8.01. The molecule has 3 aromatic rings. The van der Waals surface area contributed by atoms with Crippen LogP contribution >= 0.6 is 0 Å². The Morgan fingerprint density at radius 2 is 2.03 bits per heavy atom. The smallest absolute Gasteiger partial charge is 0.266 e. The number of rotatable bonds is 5. The Kier molecular flexibility index (Phi) is 5.09. The van der Waals surface area contributed by atoms with Crippen LogP contribution in [0.2, 0.25) is 0 Å².